The maximum atomic E-state index is 13.1. The van der Waals surface area contributed by atoms with Gasteiger partial charge in [-0.05, 0) is 42.7 Å². The molecule has 2 aromatic rings. The summed E-state index contributed by atoms with van der Waals surface area (Å²) >= 11 is 0. The Morgan fingerprint density at radius 2 is 1.92 bits per heavy atom. The Balaban J connectivity index is 2.13. The zero-order valence-corrected chi connectivity index (χ0v) is 14.3. The molecule has 5 nitrogen and oxygen atoms in total. The van der Waals surface area contributed by atoms with Crippen molar-refractivity contribution >= 4 is 23.7 Å². The minimum Gasteiger partial charge on any atom is -0.394 e. The summed E-state index contributed by atoms with van der Waals surface area (Å²) in [6, 6.07) is 12.8. The lowest BCUT2D eigenvalue weighted by Gasteiger charge is -2.32. The molecule has 1 aliphatic rings. The zero-order valence-electron chi connectivity index (χ0n) is 14.3. The van der Waals surface area contributed by atoms with E-state index in [0.717, 1.165) is 11.1 Å². The highest BCUT2D eigenvalue weighted by Crippen LogP contribution is 2.33. The smallest absolute Gasteiger partial charge is 0.265 e. The van der Waals surface area contributed by atoms with Crippen LogP contribution in [0.2, 0.25) is 0 Å². The van der Waals surface area contributed by atoms with Crippen molar-refractivity contribution in [2.75, 3.05) is 18.1 Å². The first-order valence-electron chi connectivity index (χ1n) is 8.20. The molecule has 0 saturated heterocycles. The number of aliphatic hydroxyl groups excluding tert-OH is 1. The third kappa shape index (κ3) is 3.10. The zero-order chi connectivity index (χ0) is 18.0. The van der Waals surface area contributed by atoms with E-state index >= 15 is 0 Å². The van der Waals surface area contributed by atoms with Gasteiger partial charge in [0.25, 0.3) is 5.91 Å². The predicted molar refractivity (Wildman–Crippen MR) is 97.4 cm³/mol. The summed E-state index contributed by atoms with van der Waals surface area (Å²) in [5, 5.41) is 8.93. The van der Waals surface area contributed by atoms with Gasteiger partial charge in [-0.3, -0.25) is 14.6 Å². The fraction of sp³-hybridized carbons (Fsp3) is 0.250. The molecular formula is C20H20N2O3. The lowest BCUT2D eigenvalue weighted by Crippen LogP contribution is -2.45. The number of nitrogens with zero attached hydrogens (tertiary/aromatic N) is 2. The number of aryl methyl sites for hydroxylation is 2. The molecule has 25 heavy (non-hydrogen) atoms. The van der Waals surface area contributed by atoms with Gasteiger partial charge in [-0.25, -0.2) is 4.90 Å². The van der Waals surface area contributed by atoms with Crippen molar-refractivity contribution in [1.29, 1.82) is 0 Å². The first kappa shape index (κ1) is 17.0. The minimum absolute atomic E-state index is 0.0846. The highest BCUT2D eigenvalue weighted by molar-refractivity contribution is 6.29. The molecule has 1 atom stereocenters. The quantitative estimate of drug-likeness (QED) is 0.689. The third-order valence-corrected chi connectivity index (χ3v) is 4.30. The van der Waals surface area contributed by atoms with Crippen LogP contribution in [0.15, 0.2) is 47.5 Å². The van der Waals surface area contributed by atoms with Crippen LogP contribution in [0, 0.1) is 13.8 Å². The second-order valence-corrected chi connectivity index (χ2v) is 6.11. The fourth-order valence-corrected chi connectivity index (χ4v) is 3.03. The molecule has 0 unspecified atom stereocenters. The van der Waals surface area contributed by atoms with Gasteiger partial charge < -0.3 is 5.11 Å². The second kappa shape index (κ2) is 6.99. The number of imide groups is 1. The van der Waals surface area contributed by atoms with E-state index in [1.807, 2.05) is 32.0 Å². The molecule has 1 N–H and O–H groups in total. The van der Waals surface area contributed by atoms with Gasteiger partial charge in [0.05, 0.1) is 24.8 Å². The van der Waals surface area contributed by atoms with E-state index in [9.17, 15) is 9.59 Å². The number of carbonyl (C=O) groups is 2. The highest BCUT2D eigenvalue weighted by Gasteiger charge is 2.39. The molecule has 0 saturated carbocycles. The van der Waals surface area contributed by atoms with E-state index in [1.165, 1.54) is 11.1 Å². The van der Waals surface area contributed by atoms with Gasteiger partial charge >= 0.3 is 0 Å². The van der Waals surface area contributed by atoms with E-state index in [1.54, 1.807) is 24.3 Å². The summed E-state index contributed by atoms with van der Waals surface area (Å²) < 4.78 is 0. The van der Waals surface area contributed by atoms with Crippen molar-refractivity contribution in [3.63, 3.8) is 0 Å². The van der Waals surface area contributed by atoms with Gasteiger partial charge in [0.15, 0.2) is 0 Å². The Kier molecular flexibility index (Phi) is 4.76. The lowest BCUT2D eigenvalue weighted by atomic mass is 9.88. The average Bonchev–Trinajstić information content (AvgIpc) is 2.61. The van der Waals surface area contributed by atoms with Crippen molar-refractivity contribution in [3.8, 4) is 0 Å². The van der Waals surface area contributed by atoms with Crippen LogP contribution in [0.5, 0.6) is 0 Å². The number of aliphatic hydroxyl groups is 1. The standard InChI is InChI=1S/C20H20N2O3/c1-13-7-8-14(2)18(11-13)22-19(24)16-6-4-3-5-15(16)17(20(22)25)12-21-9-10-23/h3-8,11-12,17,23H,9-10H2,1-2H3/t17-/m1/s1. The number of anilines is 1. The second-order valence-electron chi connectivity index (χ2n) is 6.11. The maximum Gasteiger partial charge on any atom is 0.265 e. The molecular weight excluding hydrogens is 316 g/mol. The van der Waals surface area contributed by atoms with Crippen LogP contribution < -0.4 is 4.90 Å². The van der Waals surface area contributed by atoms with Gasteiger partial charge in [-0.15, -0.1) is 0 Å². The first-order chi connectivity index (χ1) is 12.0. The SMILES string of the molecule is Cc1ccc(C)c(N2C(=O)c3ccccc3[C@@H](C=NCCO)C2=O)c1. The molecule has 5 heteroatoms. The van der Waals surface area contributed by atoms with Crippen LogP contribution in [0.3, 0.4) is 0 Å². The van der Waals surface area contributed by atoms with Crippen LogP contribution >= 0.6 is 0 Å². The number of carbonyl (C=O) groups excluding carboxylic acids is 2. The fourth-order valence-electron chi connectivity index (χ4n) is 3.03. The Labute approximate surface area is 146 Å². The molecule has 2 amide bonds. The molecule has 0 spiro atoms. The molecule has 1 aliphatic heterocycles. The van der Waals surface area contributed by atoms with Crippen molar-refractivity contribution in [1.82, 2.24) is 0 Å². The van der Waals surface area contributed by atoms with E-state index in [4.69, 9.17) is 5.11 Å². The maximum absolute atomic E-state index is 13.1. The molecule has 3 rings (SSSR count). The Hall–Kier alpha value is -2.79. The summed E-state index contributed by atoms with van der Waals surface area (Å²) in [6.07, 6.45) is 1.53. The Morgan fingerprint density at radius 3 is 2.68 bits per heavy atom. The number of hydrogen-bond acceptors (Lipinski definition) is 4. The van der Waals surface area contributed by atoms with Gasteiger partial charge in [-0.2, -0.15) is 0 Å². The monoisotopic (exact) mass is 336 g/mol. The van der Waals surface area contributed by atoms with Crippen LogP contribution in [-0.2, 0) is 4.79 Å². The van der Waals surface area contributed by atoms with Crippen LogP contribution in [0.4, 0.5) is 5.69 Å². The van der Waals surface area contributed by atoms with Gasteiger partial charge in [0.1, 0.15) is 0 Å². The number of fused-ring (bicyclic) bond motifs is 1. The first-order valence-corrected chi connectivity index (χ1v) is 8.20. The summed E-state index contributed by atoms with van der Waals surface area (Å²) in [6.45, 7) is 3.95. The van der Waals surface area contributed by atoms with E-state index < -0.39 is 5.92 Å². The third-order valence-electron chi connectivity index (χ3n) is 4.30. The topological polar surface area (TPSA) is 70.0 Å². The van der Waals surface area contributed by atoms with Gasteiger partial charge in [0, 0.05) is 11.8 Å². The molecule has 0 aliphatic carbocycles. The Morgan fingerprint density at radius 1 is 1.16 bits per heavy atom. The molecule has 0 bridgehead atoms. The summed E-state index contributed by atoms with van der Waals surface area (Å²) in [5.74, 6) is -1.28. The molecule has 0 fully saturated rings. The van der Waals surface area contributed by atoms with Crippen LogP contribution in [-0.4, -0.2) is 36.3 Å². The minimum atomic E-state index is -0.639. The largest absolute Gasteiger partial charge is 0.394 e. The Bertz CT molecular complexity index is 858. The van der Waals surface area contributed by atoms with Crippen molar-refractivity contribution < 1.29 is 14.7 Å². The predicted octanol–water partition coefficient (Wildman–Crippen LogP) is 2.64. The van der Waals surface area contributed by atoms with Gasteiger partial charge in [-0.1, -0.05) is 30.3 Å². The number of amides is 2. The summed E-state index contributed by atoms with van der Waals surface area (Å²) in [5.41, 5.74) is 3.59. The molecule has 0 aromatic heterocycles. The van der Waals surface area contributed by atoms with Crippen molar-refractivity contribution in [2.24, 2.45) is 4.99 Å². The number of aliphatic imine (C=N–C) groups is 1. The van der Waals surface area contributed by atoms with Crippen molar-refractivity contribution in [2.45, 2.75) is 19.8 Å². The number of rotatable bonds is 4. The molecule has 0 radical (unpaired) electrons. The average molecular weight is 336 g/mol. The van der Waals surface area contributed by atoms with Crippen LogP contribution in [0.1, 0.15) is 33.0 Å². The number of benzene rings is 2. The van der Waals surface area contributed by atoms with Crippen LogP contribution in [0.25, 0.3) is 0 Å². The number of hydrogen-bond donors (Lipinski definition) is 1. The van der Waals surface area contributed by atoms with E-state index in [0.29, 0.717) is 16.8 Å². The van der Waals surface area contributed by atoms with E-state index in [2.05, 4.69) is 4.99 Å². The molecule has 2 aromatic carbocycles. The summed E-state index contributed by atoms with van der Waals surface area (Å²) in [4.78, 5) is 31.5. The van der Waals surface area contributed by atoms with Gasteiger partial charge in [0.2, 0.25) is 5.91 Å². The molecule has 1 heterocycles. The highest BCUT2D eigenvalue weighted by atomic mass is 16.3. The van der Waals surface area contributed by atoms with Crippen molar-refractivity contribution in [3.05, 3.63) is 64.7 Å². The lowest BCUT2D eigenvalue weighted by molar-refractivity contribution is -0.118. The normalized spacial score (nSPS) is 17.2. The van der Waals surface area contributed by atoms with E-state index in [-0.39, 0.29) is 25.0 Å². The summed E-state index contributed by atoms with van der Waals surface area (Å²) in [7, 11) is 0. The molecule has 128 valence electrons.